The molecule has 0 bridgehead atoms. The smallest absolute Gasteiger partial charge is 0.301 e. The molecule has 1 aromatic carbocycles. The number of aromatic amines is 1. The van der Waals surface area contributed by atoms with Crippen molar-refractivity contribution >= 4 is 22.6 Å². The molecule has 6 heteroatoms. The van der Waals surface area contributed by atoms with Crippen LogP contribution in [0.15, 0.2) is 30.3 Å². The molecule has 18 heavy (non-hydrogen) atoms. The highest BCUT2D eigenvalue weighted by Gasteiger charge is 2.18. The summed E-state index contributed by atoms with van der Waals surface area (Å²) in [5, 5.41) is 11.7. The lowest BCUT2D eigenvalue weighted by Crippen LogP contribution is -2.16. The van der Waals surface area contributed by atoms with Gasteiger partial charge in [-0.25, -0.2) is 0 Å². The summed E-state index contributed by atoms with van der Waals surface area (Å²) >= 11 is 0. The minimum absolute atomic E-state index is 0.310. The predicted molar refractivity (Wildman–Crippen MR) is 67.2 cm³/mol. The van der Waals surface area contributed by atoms with Crippen molar-refractivity contribution in [2.45, 2.75) is 6.92 Å². The lowest BCUT2D eigenvalue weighted by molar-refractivity contribution is 0.0944. The maximum Gasteiger partial charge on any atom is 0.301 e. The number of carbonyl (C=O) groups excluding carboxylic acids is 1. The normalized spacial score (nSPS) is 10.9. The van der Waals surface area contributed by atoms with Crippen LogP contribution in [0.5, 0.6) is 0 Å². The van der Waals surface area contributed by atoms with E-state index in [-0.39, 0.29) is 5.91 Å². The monoisotopic (exact) mass is 241 g/mol. The number of para-hydroxylation sites is 1. The SMILES string of the molecule is Cc1cc(N)n(C(=O)c2n[nH]c3ccccc23)n1. The molecule has 90 valence electrons. The van der Waals surface area contributed by atoms with Gasteiger partial charge >= 0.3 is 5.91 Å². The second-order valence-corrected chi connectivity index (χ2v) is 4.05. The highest BCUT2D eigenvalue weighted by molar-refractivity contribution is 6.06. The lowest BCUT2D eigenvalue weighted by Gasteiger charge is -1.99. The third-order valence-corrected chi connectivity index (χ3v) is 2.72. The second kappa shape index (κ2) is 3.69. The van der Waals surface area contributed by atoms with Crippen molar-refractivity contribution in [3.05, 3.63) is 41.7 Å². The number of aryl methyl sites for hydroxylation is 1. The van der Waals surface area contributed by atoms with Crippen LogP contribution in [0.2, 0.25) is 0 Å². The molecule has 3 rings (SSSR count). The van der Waals surface area contributed by atoms with Crippen LogP contribution in [0.25, 0.3) is 10.9 Å². The van der Waals surface area contributed by atoms with E-state index in [4.69, 9.17) is 5.73 Å². The average molecular weight is 241 g/mol. The Morgan fingerprint density at radius 3 is 2.89 bits per heavy atom. The van der Waals surface area contributed by atoms with Crippen LogP contribution in [0.1, 0.15) is 16.2 Å². The summed E-state index contributed by atoms with van der Waals surface area (Å²) in [6.07, 6.45) is 0. The van der Waals surface area contributed by atoms with Crippen LogP contribution in [0, 0.1) is 6.92 Å². The Bertz CT molecular complexity index is 740. The highest BCUT2D eigenvalue weighted by atomic mass is 16.2. The zero-order valence-corrected chi connectivity index (χ0v) is 9.71. The van der Waals surface area contributed by atoms with Crippen molar-refractivity contribution in [2.75, 3.05) is 5.73 Å². The molecule has 3 N–H and O–H groups in total. The van der Waals surface area contributed by atoms with Gasteiger partial charge in [-0.15, -0.1) is 0 Å². The van der Waals surface area contributed by atoms with Gasteiger partial charge in [0.1, 0.15) is 5.82 Å². The van der Waals surface area contributed by atoms with E-state index < -0.39 is 0 Å². The number of nitrogens with two attached hydrogens (primary N) is 1. The van der Waals surface area contributed by atoms with E-state index in [1.165, 1.54) is 0 Å². The molecule has 0 aliphatic heterocycles. The number of rotatable bonds is 1. The number of aromatic nitrogens is 4. The average Bonchev–Trinajstić information content (AvgIpc) is 2.92. The molecule has 6 nitrogen and oxygen atoms in total. The summed E-state index contributed by atoms with van der Waals surface area (Å²) in [6.45, 7) is 1.78. The molecule has 0 unspecified atom stereocenters. The molecule has 0 radical (unpaired) electrons. The summed E-state index contributed by atoms with van der Waals surface area (Å²) in [7, 11) is 0. The number of nitrogens with one attached hydrogen (secondary N) is 1. The third-order valence-electron chi connectivity index (χ3n) is 2.72. The summed E-state index contributed by atoms with van der Waals surface area (Å²) in [5.74, 6) is -0.0253. The van der Waals surface area contributed by atoms with E-state index >= 15 is 0 Å². The number of nitrogen functional groups attached to an aromatic ring is 1. The van der Waals surface area contributed by atoms with E-state index in [0.29, 0.717) is 17.2 Å². The first-order valence-corrected chi connectivity index (χ1v) is 5.47. The molecule has 3 aromatic rings. The molecule has 2 heterocycles. The van der Waals surface area contributed by atoms with Crippen molar-refractivity contribution in [1.29, 1.82) is 0 Å². The predicted octanol–water partition coefficient (Wildman–Crippen LogP) is 1.34. The maximum absolute atomic E-state index is 12.3. The summed E-state index contributed by atoms with van der Waals surface area (Å²) in [5.41, 5.74) is 7.56. The molecular formula is C12H11N5O. The number of nitrogens with zero attached hydrogens (tertiary/aromatic N) is 3. The first-order valence-electron chi connectivity index (χ1n) is 5.47. The zero-order valence-electron chi connectivity index (χ0n) is 9.71. The quantitative estimate of drug-likeness (QED) is 0.672. The van der Waals surface area contributed by atoms with Gasteiger partial charge < -0.3 is 5.73 Å². The van der Waals surface area contributed by atoms with Gasteiger partial charge in [0.05, 0.1) is 11.2 Å². The largest absolute Gasteiger partial charge is 0.383 e. The van der Waals surface area contributed by atoms with Gasteiger partial charge in [-0.05, 0) is 13.0 Å². The van der Waals surface area contributed by atoms with Gasteiger partial charge in [0.2, 0.25) is 0 Å². The molecule has 0 fully saturated rings. The van der Waals surface area contributed by atoms with Crippen LogP contribution >= 0.6 is 0 Å². The van der Waals surface area contributed by atoms with Gasteiger partial charge in [-0.1, -0.05) is 18.2 Å². The fourth-order valence-electron chi connectivity index (χ4n) is 1.91. The van der Waals surface area contributed by atoms with E-state index in [9.17, 15) is 4.79 Å². The molecule has 0 amide bonds. The first kappa shape index (κ1) is 10.5. The Hall–Kier alpha value is -2.63. The number of benzene rings is 1. The Morgan fingerprint density at radius 2 is 2.17 bits per heavy atom. The van der Waals surface area contributed by atoms with Crippen LogP contribution in [-0.4, -0.2) is 25.9 Å². The number of hydrogen-bond donors (Lipinski definition) is 2. The molecule has 0 aliphatic carbocycles. The number of hydrogen-bond acceptors (Lipinski definition) is 4. The maximum atomic E-state index is 12.3. The van der Waals surface area contributed by atoms with E-state index in [2.05, 4.69) is 15.3 Å². The summed E-state index contributed by atoms with van der Waals surface area (Å²) < 4.78 is 1.16. The van der Waals surface area contributed by atoms with Crippen LogP contribution in [0.3, 0.4) is 0 Å². The molecule has 0 spiro atoms. The number of carbonyl (C=O) groups is 1. The number of anilines is 1. The highest BCUT2D eigenvalue weighted by Crippen LogP contribution is 2.17. The van der Waals surface area contributed by atoms with Crippen LogP contribution in [-0.2, 0) is 0 Å². The van der Waals surface area contributed by atoms with Gasteiger partial charge in [-0.3, -0.25) is 9.89 Å². The molecule has 0 atom stereocenters. The topological polar surface area (TPSA) is 89.6 Å². The van der Waals surface area contributed by atoms with Gasteiger partial charge in [0, 0.05) is 11.5 Å². The van der Waals surface area contributed by atoms with E-state index in [1.807, 2.05) is 24.3 Å². The Labute approximate surface area is 102 Å². The fourth-order valence-corrected chi connectivity index (χ4v) is 1.91. The number of H-pyrrole nitrogens is 1. The minimum atomic E-state index is -0.335. The van der Waals surface area contributed by atoms with Crippen LogP contribution < -0.4 is 5.73 Å². The van der Waals surface area contributed by atoms with Crippen molar-refractivity contribution in [3.63, 3.8) is 0 Å². The molecule has 2 aromatic heterocycles. The zero-order chi connectivity index (χ0) is 12.7. The third kappa shape index (κ3) is 1.46. The van der Waals surface area contributed by atoms with Gasteiger partial charge in [-0.2, -0.15) is 14.9 Å². The number of fused-ring (bicyclic) bond motifs is 1. The molecule has 0 saturated heterocycles. The standard InChI is InChI=1S/C12H11N5O/c1-7-6-10(13)17(16-7)12(18)11-8-4-2-3-5-9(8)14-15-11/h2-6H,13H2,1H3,(H,14,15). The summed E-state index contributed by atoms with van der Waals surface area (Å²) in [6, 6.07) is 9.07. The minimum Gasteiger partial charge on any atom is -0.383 e. The van der Waals surface area contributed by atoms with E-state index in [0.717, 1.165) is 15.6 Å². The Balaban J connectivity index is 2.15. The van der Waals surface area contributed by atoms with Crippen molar-refractivity contribution in [2.24, 2.45) is 0 Å². The fraction of sp³-hybridized carbons (Fsp3) is 0.0833. The molecule has 0 aliphatic rings. The lowest BCUT2D eigenvalue weighted by atomic mass is 10.2. The first-order chi connectivity index (χ1) is 8.66. The van der Waals surface area contributed by atoms with E-state index in [1.54, 1.807) is 13.0 Å². The van der Waals surface area contributed by atoms with Crippen molar-refractivity contribution in [3.8, 4) is 0 Å². The van der Waals surface area contributed by atoms with Crippen molar-refractivity contribution in [1.82, 2.24) is 20.0 Å². The summed E-state index contributed by atoms with van der Waals surface area (Å²) in [4.78, 5) is 12.3. The molecule has 0 saturated carbocycles. The second-order valence-electron chi connectivity index (χ2n) is 4.05. The Morgan fingerprint density at radius 1 is 1.39 bits per heavy atom. The van der Waals surface area contributed by atoms with Gasteiger partial charge in [0.25, 0.3) is 0 Å². The van der Waals surface area contributed by atoms with Crippen molar-refractivity contribution < 1.29 is 4.79 Å². The molecular weight excluding hydrogens is 230 g/mol. The van der Waals surface area contributed by atoms with Crippen LogP contribution in [0.4, 0.5) is 5.82 Å². The Kier molecular flexibility index (Phi) is 2.16. The van der Waals surface area contributed by atoms with Gasteiger partial charge in [0.15, 0.2) is 5.69 Å².